The van der Waals surface area contributed by atoms with E-state index >= 15 is 4.39 Å². The fourth-order valence-electron chi connectivity index (χ4n) is 4.63. The molecule has 220 valence electrons. The van der Waals surface area contributed by atoms with E-state index in [9.17, 15) is 23.6 Å². The SMILES string of the molecule is CCn1cc(C(=O)Nc2ccc(OC3=CC(N4CCCC4=O)=CN/C3=C\C=N)c(F)c2)c(=O)n(-c2ccc(F)cc2)c1=O. The van der Waals surface area contributed by atoms with Crippen LogP contribution in [0.5, 0.6) is 5.75 Å². The van der Waals surface area contributed by atoms with Gasteiger partial charge in [0.25, 0.3) is 11.5 Å². The first-order chi connectivity index (χ1) is 20.7. The maximum Gasteiger partial charge on any atom is 0.335 e. The highest BCUT2D eigenvalue weighted by molar-refractivity contribution is 6.03. The second-order valence-corrected chi connectivity index (χ2v) is 9.55. The molecule has 1 saturated heterocycles. The van der Waals surface area contributed by atoms with Gasteiger partial charge in [-0.2, -0.15) is 0 Å². The van der Waals surface area contributed by atoms with Crippen molar-refractivity contribution in [1.29, 1.82) is 5.41 Å². The number of dihydropyridines is 1. The van der Waals surface area contributed by atoms with Crippen LogP contribution in [0.2, 0.25) is 0 Å². The predicted molar refractivity (Wildman–Crippen MR) is 154 cm³/mol. The maximum atomic E-state index is 15.2. The monoisotopic (exact) mass is 588 g/mol. The summed E-state index contributed by atoms with van der Waals surface area (Å²) in [6, 6.07) is 8.30. The van der Waals surface area contributed by atoms with E-state index in [0.717, 1.165) is 39.7 Å². The van der Waals surface area contributed by atoms with Crippen LogP contribution in [-0.4, -0.2) is 38.6 Å². The molecule has 0 aliphatic carbocycles. The van der Waals surface area contributed by atoms with Crippen LogP contribution in [0.25, 0.3) is 5.69 Å². The third-order valence-corrected chi connectivity index (χ3v) is 6.79. The van der Waals surface area contributed by atoms with E-state index in [-0.39, 0.29) is 40.9 Å². The number of carbonyl (C=O) groups excluding carboxylic acids is 2. The second-order valence-electron chi connectivity index (χ2n) is 9.55. The molecule has 3 heterocycles. The number of hydrogen-bond donors (Lipinski definition) is 3. The summed E-state index contributed by atoms with van der Waals surface area (Å²) >= 11 is 0. The molecule has 0 radical (unpaired) electrons. The smallest absolute Gasteiger partial charge is 0.335 e. The number of likely N-dealkylation sites (tertiary alicyclic amines) is 1. The van der Waals surface area contributed by atoms with E-state index in [1.165, 1.54) is 30.3 Å². The number of anilines is 1. The first kappa shape index (κ1) is 28.9. The number of allylic oxidation sites excluding steroid dienone is 2. The maximum absolute atomic E-state index is 15.2. The molecule has 2 aromatic carbocycles. The van der Waals surface area contributed by atoms with Gasteiger partial charge in [0.05, 0.1) is 17.1 Å². The van der Waals surface area contributed by atoms with E-state index in [2.05, 4.69) is 10.6 Å². The van der Waals surface area contributed by atoms with E-state index in [1.54, 1.807) is 24.1 Å². The van der Waals surface area contributed by atoms with Gasteiger partial charge in [0.1, 0.15) is 11.4 Å². The van der Waals surface area contributed by atoms with Crippen LogP contribution >= 0.6 is 0 Å². The lowest BCUT2D eigenvalue weighted by Gasteiger charge is -2.24. The van der Waals surface area contributed by atoms with Gasteiger partial charge in [-0.1, -0.05) is 0 Å². The quantitative estimate of drug-likeness (QED) is 0.345. The molecule has 2 aliphatic rings. The molecule has 43 heavy (non-hydrogen) atoms. The van der Waals surface area contributed by atoms with Crippen molar-refractivity contribution in [3.63, 3.8) is 0 Å². The molecule has 0 unspecified atom stereocenters. The summed E-state index contributed by atoms with van der Waals surface area (Å²) in [6.45, 7) is 2.33. The number of aryl methyl sites for hydroxylation is 1. The summed E-state index contributed by atoms with van der Waals surface area (Å²) in [6.07, 6.45) is 7.86. The van der Waals surface area contributed by atoms with Crippen LogP contribution in [-0.2, 0) is 11.3 Å². The fraction of sp³-hybridized carbons (Fsp3) is 0.167. The summed E-state index contributed by atoms with van der Waals surface area (Å²) in [4.78, 5) is 52.9. The number of halogens is 2. The lowest BCUT2D eigenvalue weighted by atomic mass is 10.2. The zero-order valence-electron chi connectivity index (χ0n) is 22.9. The van der Waals surface area contributed by atoms with E-state index in [0.29, 0.717) is 30.8 Å². The molecule has 2 aliphatic heterocycles. The van der Waals surface area contributed by atoms with Crippen molar-refractivity contribution in [3.8, 4) is 11.4 Å². The summed E-state index contributed by atoms with van der Waals surface area (Å²) < 4.78 is 36.3. The standard InChI is InChI=1S/C30H26F2N6O5/c1-2-36-17-22(29(41)38(30(36)42)20-8-5-18(31)6-9-20)28(40)35-19-7-10-25(23(32)14-19)43-26-15-21(16-34-24(26)11-12-33)37-13-3-4-27(37)39/h5-12,14-17,33-34H,2-4,13H2,1H3,(H,35,40)/b24-11-,33-12?. The molecule has 1 fully saturated rings. The Morgan fingerprint density at radius 2 is 1.91 bits per heavy atom. The number of ether oxygens (including phenoxy) is 1. The molecule has 0 spiro atoms. The van der Waals surface area contributed by atoms with Gasteiger partial charge in [0.2, 0.25) is 5.91 Å². The van der Waals surface area contributed by atoms with Gasteiger partial charge in [-0.3, -0.25) is 19.0 Å². The average molecular weight is 589 g/mol. The molecule has 1 aromatic heterocycles. The second kappa shape index (κ2) is 12.1. The Bertz CT molecular complexity index is 1840. The first-order valence-corrected chi connectivity index (χ1v) is 13.3. The average Bonchev–Trinajstić information content (AvgIpc) is 3.42. The van der Waals surface area contributed by atoms with Crippen LogP contribution in [0.15, 0.2) is 93.8 Å². The summed E-state index contributed by atoms with van der Waals surface area (Å²) in [7, 11) is 0. The van der Waals surface area contributed by atoms with Crippen LogP contribution in [0.1, 0.15) is 30.1 Å². The lowest BCUT2D eigenvalue weighted by molar-refractivity contribution is -0.125. The minimum Gasteiger partial charge on any atom is -0.452 e. The number of carbonyl (C=O) groups is 2. The van der Waals surface area contributed by atoms with Crippen LogP contribution in [0.3, 0.4) is 0 Å². The van der Waals surface area contributed by atoms with Crippen molar-refractivity contribution in [1.82, 2.24) is 19.4 Å². The van der Waals surface area contributed by atoms with Gasteiger partial charge in [0, 0.05) is 56.0 Å². The van der Waals surface area contributed by atoms with Crippen LogP contribution in [0.4, 0.5) is 14.5 Å². The Kier molecular flexibility index (Phi) is 8.14. The number of amides is 2. The normalized spacial score (nSPS) is 15.6. The van der Waals surface area contributed by atoms with Crippen molar-refractivity contribution in [3.05, 3.63) is 122 Å². The molecule has 2 amide bonds. The largest absolute Gasteiger partial charge is 0.452 e. The van der Waals surface area contributed by atoms with Crippen molar-refractivity contribution in [2.75, 3.05) is 11.9 Å². The van der Waals surface area contributed by atoms with Crippen LogP contribution < -0.4 is 26.6 Å². The van der Waals surface area contributed by atoms with Crippen LogP contribution in [0, 0.1) is 17.0 Å². The Labute approximate surface area is 243 Å². The lowest BCUT2D eigenvalue weighted by Crippen LogP contribution is -2.42. The number of nitrogens with one attached hydrogen (secondary N) is 3. The highest BCUT2D eigenvalue weighted by atomic mass is 19.1. The van der Waals surface area contributed by atoms with Gasteiger partial charge < -0.3 is 25.7 Å². The van der Waals surface area contributed by atoms with Gasteiger partial charge in [-0.25, -0.2) is 18.1 Å². The number of aromatic nitrogens is 2. The Morgan fingerprint density at radius 3 is 2.56 bits per heavy atom. The predicted octanol–water partition coefficient (Wildman–Crippen LogP) is 3.41. The zero-order chi connectivity index (χ0) is 30.7. The third kappa shape index (κ3) is 5.91. The van der Waals surface area contributed by atoms with Gasteiger partial charge in [0.15, 0.2) is 17.3 Å². The van der Waals surface area contributed by atoms with Crippen molar-refractivity contribution >= 4 is 23.7 Å². The van der Waals surface area contributed by atoms with Crippen molar-refractivity contribution in [2.45, 2.75) is 26.3 Å². The van der Waals surface area contributed by atoms with Gasteiger partial charge in [-0.05, 0) is 55.8 Å². The molecule has 3 aromatic rings. The highest BCUT2D eigenvalue weighted by Crippen LogP contribution is 2.28. The molecule has 0 saturated carbocycles. The van der Waals surface area contributed by atoms with Crippen molar-refractivity contribution < 1.29 is 23.1 Å². The van der Waals surface area contributed by atoms with E-state index < -0.39 is 28.8 Å². The molecule has 3 N–H and O–H groups in total. The summed E-state index contributed by atoms with van der Waals surface area (Å²) in [5, 5.41) is 12.8. The Morgan fingerprint density at radius 1 is 1.14 bits per heavy atom. The number of benzene rings is 2. The molecule has 11 nitrogen and oxygen atoms in total. The number of hydrogen-bond acceptors (Lipinski definition) is 7. The minimum absolute atomic E-state index is 0.00563. The molecular formula is C30H26F2N6O5. The van der Waals surface area contributed by atoms with E-state index in [4.69, 9.17) is 10.1 Å². The topological polar surface area (TPSA) is 139 Å². The van der Waals surface area contributed by atoms with Gasteiger partial charge >= 0.3 is 5.69 Å². The molecule has 0 bridgehead atoms. The summed E-state index contributed by atoms with van der Waals surface area (Å²) in [5.74, 6) is -2.38. The number of nitrogens with zero attached hydrogens (tertiary/aromatic N) is 3. The number of rotatable bonds is 8. The zero-order valence-corrected chi connectivity index (χ0v) is 22.9. The Hall–Kier alpha value is -5.59. The molecule has 13 heteroatoms. The van der Waals surface area contributed by atoms with E-state index in [1.807, 2.05) is 0 Å². The Balaban J connectivity index is 1.40. The summed E-state index contributed by atoms with van der Waals surface area (Å²) in [5.41, 5.74) is -1.04. The fourth-order valence-corrected chi connectivity index (χ4v) is 4.63. The molecule has 0 atom stereocenters. The van der Waals surface area contributed by atoms with Crippen molar-refractivity contribution in [2.24, 2.45) is 0 Å². The highest BCUT2D eigenvalue weighted by Gasteiger charge is 2.26. The first-order valence-electron chi connectivity index (χ1n) is 13.3. The van der Waals surface area contributed by atoms with Gasteiger partial charge in [-0.15, -0.1) is 0 Å². The molecular weight excluding hydrogens is 562 g/mol. The third-order valence-electron chi connectivity index (χ3n) is 6.79. The minimum atomic E-state index is -0.929. The molecule has 5 rings (SSSR count).